The van der Waals surface area contributed by atoms with E-state index >= 15 is 0 Å². The quantitative estimate of drug-likeness (QED) is 0.285. The Labute approximate surface area is 195 Å². The van der Waals surface area contributed by atoms with Gasteiger partial charge in [-0.25, -0.2) is 4.79 Å². The minimum Gasteiger partial charge on any atom is -0.489 e. The van der Waals surface area contributed by atoms with Crippen LogP contribution >= 0.6 is 15.9 Å². The Kier molecular flexibility index (Phi) is 6.50. The lowest BCUT2D eigenvalue weighted by molar-refractivity contribution is -0.274. The third kappa shape index (κ3) is 6.01. The summed E-state index contributed by atoms with van der Waals surface area (Å²) in [5, 5.41) is 3.89. The van der Waals surface area contributed by atoms with Crippen molar-refractivity contribution in [3.63, 3.8) is 0 Å². The highest BCUT2D eigenvalue weighted by atomic mass is 79.9. The molecule has 5 nitrogen and oxygen atoms in total. The van der Waals surface area contributed by atoms with Gasteiger partial charge in [0, 0.05) is 10.0 Å². The zero-order valence-corrected chi connectivity index (χ0v) is 18.4. The van der Waals surface area contributed by atoms with Gasteiger partial charge in [-0.1, -0.05) is 57.5 Å². The summed E-state index contributed by atoms with van der Waals surface area (Å²) in [7, 11) is 0. The Morgan fingerprint density at radius 2 is 1.67 bits per heavy atom. The first-order chi connectivity index (χ1) is 15.8. The third-order valence-corrected chi connectivity index (χ3v) is 5.04. The lowest BCUT2D eigenvalue weighted by Gasteiger charge is -2.10. The first-order valence-corrected chi connectivity index (χ1v) is 10.4. The number of ether oxygens (including phenoxy) is 2. The van der Waals surface area contributed by atoms with Gasteiger partial charge in [0.2, 0.25) is 0 Å². The molecule has 0 bridgehead atoms. The van der Waals surface area contributed by atoms with Crippen LogP contribution in [0.3, 0.4) is 0 Å². The van der Waals surface area contributed by atoms with Crippen LogP contribution in [-0.2, 0) is 16.2 Å². The molecule has 33 heavy (non-hydrogen) atoms. The van der Waals surface area contributed by atoms with E-state index in [1.807, 2.05) is 24.3 Å². The average Bonchev–Trinajstić information content (AvgIpc) is 3.13. The van der Waals surface area contributed by atoms with Gasteiger partial charge in [0.25, 0.3) is 0 Å². The molecule has 0 amide bonds. The number of alkyl halides is 3. The lowest BCUT2D eigenvalue weighted by Crippen LogP contribution is -2.17. The molecule has 3 aromatic carbocycles. The number of hydrogen-bond donors (Lipinski definition) is 0. The van der Waals surface area contributed by atoms with Crippen LogP contribution < -0.4 is 9.47 Å². The van der Waals surface area contributed by atoms with Crippen LogP contribution in [0.4, 0.5) is 13.2 Å². The van der Waals surface area contributed by atoms with E-state index in [9.17, 15) is 18.0 Å². The van der Waals surface area contributed by atoms with Crippen molar-refractivity contribution in [2.24, 2.45) is 5.16 Å². The van der Waals surface area contributed by atoms with Gasteiger partial charge in [-0.2, -0.15) is 0 Å². The Morgan fingerprint density at radius 1 is 0.970 bits per heavy atom. The molecule has 168 valence electrons. The van der Waals surface area contributed by atoms with E-state index in [0.29, 0.717) is 22.6 Å². The van der Waals surface area contributed by atoms with E-state index in [-0.39, 0.29) is 12.4 Å². The van der Waals surface area contributed by atoms with Crippen LogP contribution in [0.1, 0.15) is 16.7 Å². The molecule has 9 heteroatoms. The summed E-state index contributed by atoms with van der Waals surface area (Å²) in [6.45, 7) is 0.165. The smallest absolute Gasteiger partial charge is 0.489 e. The normalized spacial score (nSPS) is 14.7. The van der Waals surface area contributed by atoms with Gasteiger partial charge >= 0.3 is 12.3 Å². The second kappa shape index (κ2) is 9.50. The number of oxime groups is 1. The van der Waals surface area contributed by atoms with E-state index in [1.165, 1.54) is 24.3 Å². The molecule has 0 saturated heterocycles. The van der Waals surface area contributed by atoms with E-state index in [4.69, 9.17) is 9.57 Å². The Hall–Kier alpha value is -3.59. The molecule has 0 aromatic heterocycles. The average molecular weight is 518 g/mol. The number of hydrogen-bond acceptors (Lipinski definition) is 5. The standard InChI is InChI=1S/C24H15BrF3NO4/c25-18-3-1-2-17(13-18)22-21(23(30)33-29-22)12-15-4-8-19(9-5-15)31-14-16-6-10-20(11-7-16)32-24(26,27)28/h1-13H,14H2/b21-12-. The molecule has 0 saturated carbocycles. The second-order valence-corrected chi connectivity index (χ2v) is 7.85. The van der Waals surface area contributed by atoms with Crippen LogP contribution in [0.2, 0.25) is 0 Å². The van der Waals surface area contributed by atoms with Crippen molar-refractivity contribution in [2.75, 3.05) is 0 Å². The number of halogens is 4. The van der Waals surface area contributed by atoms with Gasteiger partial charge in [-0.15, -0.1) is 13.2 Å². The Balaban J connectivity index is 1.41. The van der Waals surface area contributed by atoms with Crippen LogP contribution in [-0.4, -0.2) is 18.0 Å². The fourth-order valence-corrected chi connectivity index (χ4v) is 3.43. The van der Waals surface area contributed by atoms with Gasteiger partial charge in [-0.05, 0) is 53.6 Å². The Morgan fingerprint density at radius 3 is 2.33 bits per heavy atom. The topological polar surface area (TPSA) is 57.1 Å². The lowest BCUT2D eigenvalue weighted by atomic mass is 10.0. The number of carbonyl (C=O) groups is 1. The minimum absolute atomic E-state index is 0.165. The monoisotopic (exact) mass is 517 g/mol. The molecule has 0 radical (unpaired) electrons. The van der Waals surface area contributed by atoms with Crippen LogP contribution in [0.15, 0.2) is 88.0 Å². The zero-order valence-electron chi connectivity index (χ0n) is 16.8. The zero-order chi connectivity index (χ0) is 23.4. The van der Waals surface area contributed by atoms with Crippen molar-refractivity contribution in [2.45, 2.75) is 13.0 Å². The van der Waals surface area contributed by atoms with Crippen LogP contribution in [0, 0.1) is 0 Å². The predicted octanol–water partition coefficient (Wildman–Crippen LogP) is 6.27. The second-order valence-electron chi connectivity index (χ2n) is 6.94. The first-order valence-electron chi connectivity index (χ1n) is 9.62. The van der Waals surface area contributed by atoms with Gasteiger partial charge < -0.3 is 14.3 Å². The van der Waals surface area contributed by atoms with Gasteiger partial charge in [0.15, 0.2) is 0 Å². The predicted molar refractivity (Wildman–Crippen MR) is 119 cm³/mol. The van der Waals surface area contributed by atoms with Crippen molar-refractivity contribution in [1.82, 2.24) is 0 Å². The molecular weight excluding hydrogens is 503 g/mol. The molecule has 0 fully saturated rings. The molecule has 0 aliphatic carbocycles. The van der Waals surface area contributed by atoms with Crippen molar-refractivity contribution in [1.29, 1.82) is 0 Å². The summed E-state index contributed by atoms with van der Waals surface area (Å²) in [6.07, 6.45) is -3.05. The molecule has 3 aromatic rings. The number of rotatable bonds is 6. The van der Waals surface area contributed by atoms with E-state index in [1.54, 1.807) is 30.3 Å². The SMILES string of the molecule is O=C1ON=C(c2cccc(Br)c2)/C1=C/c1ccc(OCc2ccc(OC(F)(F)F)cc2)cc1. The van der Waals surface area contributed by atoms with E-state index in [2.05, 4.69) is 25.8 Å². The summed E-state index contributed by atoms with van der Waals surface area (Å²) in [5.74, 6) is -0.272. The van der Waals surface area contributed by atoms with Crippen LogP contribution in [0.25, 0.3) is 6.08 Å². The number of carbonyl (C=O) groups excluding carboxylic acids is 1. The van der Waals surface area contributed by atoms with Crippen molar-refractivity contribution in [3.05, 3.63) is 99.5 Å². The maximum atomic E-state index is 12.2. The fraction of sp³-hybridized carbons (Fsp3) is 0.0833. The maximum Gasteiger partial charge on any atom is 0.573 e. The Bertz CT molecular complexity index is 1220. The molecule has 1 aliphatic heterocycles. The van der Waals surface area contributed by atoms with E-state index < -0.39 is 12.3 Å². The molecule has 1 heterocycles. The summed E-state index contributed by atoms with van der Waals surface area (Å²) in [6, 6.07) is 19.8. The van der Waals surface area contributed by atoms with Gasteiger partial charge in [0.05, 0.1) is 5.57 Å². The largest absolute Gasteiger partial charge is 0.573 e. The molecule has 0 atom stereocenters. The molecule has 0 unspecified atom stereocenters. The highest BCUT2D eigenvalue weighted by Gasteiger charge is 2.31. The molecule has 1 aliphatic rings. The minimum atomic E-state index is -4.73. The van der Waals surface area contributed by atoms with Crippen molar-refractivity contribution < 1.29 is 32.3 Å². The summed E-state index contributed by atoms with van der Waals surface area (Å²) in [5.41, 5.74) is 2.95. The molecule has 0 spiro atoms. The molecule has 0 N–H and O–H groups in total. The maximum absolute atomic E-state index is 12.2. The van der Waals surface area contributed by atoms with Crippen molar-refractivity contribution in [3.8, 4) is 11.5 Å². The summed E-state index contributed by atoms with van der Waals surface area (Å²) in [4.78, 5) is 17.0. The summed E-state index contributed by atoms with van der Waals surface area (Å²) >= 11 is 3.40. The highest BCUT2D eigenvalue weighted by Crippen LogP contribution is 2.25. The van der Waals surface area contributed by atoms with Gasteiger partial charge in [0.1, 0.15) is 23.8 Å². The van der Waals surface area contributed by atoms with Gasteiger partial charge in [-0.3, -0.25) is 0 Å². The summed E-state index contributed by atoms with van der Waals surface area (Å²) < 4.78 is 47.1. The third-order valence-electron chi connectivity index (χ3n) is 4.55. The van der Waals surface area contributed by atoms with Crippen molar-refractivity contribution >= 4 is 33.7 Å². The number of nitrogens with zero attached hydrogens (tertiary/aromatic N) is 1. The number of benzene rings is 3. The van der Waals surface area contributed by atoms with E-state index in [0.717, 1.165) is 15.6 Å². The molecule has 4 rings (SSSR count). The highest BCUT2D eigenvalue weighted by molar-refractivity contribution is 9.10. The molecular formula is C24H15BrF3NO4. The fourth-order valence-electron chi connectivity index (χ4n) is 3.03. The first kappa shape index (κ1) is 22.6. The van der Waals surface area contributed by atoms with Crippen LogP contribution in [0.5, 0.6) is 11.5 Å².